The highest BCUT2D eigenvalue weighted by Gasteiger charge is 2.69. The van der Waals surface area contributed by atoms with Gasteiger partial charge in [-0.15, -0.1) is 0 Å². The first-order valence-corrected chi connectivity index (χ1v) is 9.92. The lowest BCUT2D eigenvalue weighted by molar-refractivity contribution is -0.194. The molecule has 1 N–H and O–H groups in total. The van der Waals surface area contributed by atoms with Crippen molar-refractivity contribution in [3.63, 3.8) is 0 Å². The summed E-state index contributed by atoms with van der Waals surface area (Å²) in [4.78, 5) is 25.6. The van der Waals surface area contributed by atoms with Crippen LogP contribution in [0.4, 0.5) is 0 Å². The second kappa shape index (κ2) is 6.88. The number of hydrogen-bond donors (Lipinski definition) is 1. The molecule has 0 amide bonds. The number of methoxy groups -OCH3 is 1. The van der Waals surface area contributed by atoms with E-state index >= 15 is 0 Å². The van der Waals surface area contributed by atoms with E-state index in [1.165, 1.54) is 7.11 Å². The smallest absolute Gasteiger partial charge is 0.335 e. The Morgan fingerprint density at radius 3 is 2.75 bits per heavy atom. The molecule has 0 radical (unpaired) electrons. The van der Waals surface area contributed by atoms with Crippen LogP contribution in [0.5, 0.6) is 0 Å². The van der Waals surface area contributed by atoms with E-state index in [1.54, 1.807) is 12.5 Å². The Kier molecular flexibility index (Phi) is 4.78. The summed E-state index contributed by atoms with van der Waals surface area (Å²) < 4.78 is 22.1. The van der Waals surface area contributed by atoms with Crippen LogP contribution < -0.4 is 0 Å². The Morgan fingerprint density at radius 1 is 1.32 bits per heavy atom. The molecule has 0 unspecified atom stereocenters. The normalized spacial score (nSPS) is 42.0. The number of carbonyl (C=O) groups is 2. The minimum absolute atomic E-state index is 0.00208. The van der Waals surface area contributed by atoms with Gasteiger partial charge in [0.2, 0.25) is 0 Å². The van der Waals surface area contributed by atoms with Gasteiger partial charge in [-0.1, -0.05) is 13.8 Å². The van der Waals surface area contributed by atoms with Crippen LogP contribution in [-0.2, 0) is 23.8 Å². The molecule has 154 valence electrons. The fraction of sp³-hybridized carbons (Fsp3) is 0.714. The van der Waals surface area contributed by atoms with Crippen molar-refractivity contribution in [2.75, 3.05) is 13.7 Å². The largest absolute Gasteiger partial charge is 0.472 e. The Hall–Kier alpha value is -1.86. The quantitative estimate of drug-likeness (QED) is 0.770. The maximum absolute atomic E-state index is 13.1. The number of carbonyl (C=O) groups excluding carboxylic acids is 2. The molecule has 2 saturated heterocycles. The predicted octanol–water partition coefficient (Wildman–Crippen LogP) is 2.63. The van der Waals surface area contributed by atoms with Gasteiger partial charge in [0.25, 0.3) is 0 Å². The van der Waals surface area contributed by atoms with Crippen molar-refractivity contribution < 1.29 is 33.3 Å². The van der Waals surface area contributed by atoms with Crippen molar-refractivity contribution in [2.24, 2.45) is 22.7 Å². The minimum Gasteiger partial charge on any atom is -0.472 e. The summed E-state index contributed by atoms with van der Waals surface area (Å²) in [5, 5.41) is 9.48. The van der Waals surface area contributed by atoms with Gasteiger partial charge in [0, 0.05) is 17.6 Å². The number of esters is 2. The Labute approximate surface area is 164 Å². The molecule has 1 aromatic heterocycles. The van der Waals surface area contributed by atoms with Crippen molar-refractivity contribution in [1.82, 2.24) is 0 Å². The number of furan rings is 1. The van der Waals surface area contributed by atoms with Crippen LogP contribution >= 0.6 is 0 Å². The average molecular weight is 392 g/mol. The molecular formula is C21H28O7. The van der Waals surface area contributed by atoms with Crippen molar-refractivity contribution >= 4 is 11.9 Å². The first-order valence-electron chi connectivity index (χ1n) is 9.92. The Bertz CT molecular complexity index is 744. The Balaban J connectivity index is 1.76. The van der Waals surface area contributed by atoms with Gasteiger partial charge >= 0.3 is 11.9 Å². The van der Waals surface area contributed by atoms with Gasteiger partial charge in [-0.2, -0.15) is 0 Å². The highest BCUT2D eigenvalue weighted by molar-refractivity contribution is 5.79. The molecule has 1 aliphatic carbocycles. The van der Waals surface area contributed by atoms with E-state index in [2.05, 4.69) is 13.8 Å². The van der Waals surface area contributed by atoms with Crippen LogP contribution in [-0.4, -0.2) is 43.0 Å². The van der Waals surface area contributed by atoms with Crippen LogP contribution in [0.2, 0.25) is 0 Å². The van der Waals surface area contributed by atoms with E-state index < -0.39 is 28.8 Å². The summed E-state index contributed by atoms with van der Waals surface area (Å²) >= 11 is 0. The standard InChI is InChI=1S/C21H28O7/c1-20-9-13(12-6-8-26-11-12)28-18(23)16(20)14-10-21(2,15(20)5-4-7-22)17(27-14)19(24)25-3/h6,8,11,13-17,22H,4-5,7,9-10H2,1-3H3/t13-,14+,15-,16-,17+,20-,21-/m0/s1. The third-order valence-corrected chi connectivity index (χ3v) is 7.34. The molecule has 4 rings (SSSR count). The zero-order chi connectivity index (χ0) is 20.1. The number of fused-ring (bicyclic) bond motifs is 4. The first-order chi connectivity index (χ1) is 13.3. The van der Waals surface area contributed by atoms with Crippen LogP contribution in [0.25, 0.3) is 0 Å². The maximum Gasteiger partial charge on any atom is 0.335 e. The summed E-state index contributed by atoms with van der Waals surface area (Å²) in [6.07, 6.45) is 4.25. The minimum atomic E-state index is -0.714. The molecule has 7 nitrogen and oxygen atoms in total. The molecule has 2 aliphatic heterocycles. The van der Waals surface area contributed by atoms with Gasteiger partial charge < -0.3 is 23.7 Å². The number of rotatable bonds is 5. The second-order valence-electron chi connectivity index (χ2n) is 8.88. The van der Waals surface area contributed by atoms with E-state index in [-0.39, 0.29) is 30.7 Å². The molecule has 1 saturated carbocycles. The molecular weight excluding hydrogens is 364 g/mol. The van der Waals surface area contributed by atoms with Gasteiger partial charge in [0.05, 0.1) is 31.7 Å². The van der Waals surface area contributed by atoms with Crippen molar-refractivity contribution in [2.45, 2.75) is 57.8 Å². The summed E-state index contributed by atoms with van der Waals surface area (Å²) in [5.74, 6) is -1.13. The number of aliphatic hydroxyl groups is 1. The van der Waals surface area contributed by atoms with Crippen molar-refractivity contribution in [3.05, 3.63) is 24.2 Å². The molecule has 7 atom stereocenters. The SMILES string of the molecule is COC(=O)[C@H]1O[C@@H]2C[C@@]1(C)[C@@H](CCCO)[C@]1(C)C[C@@H](c3ccoc3)OC(=O)[C@H]21. The van der Waals surface area contributed by atoms with Gasteiger partial charge in [-0.3, -0.25) is 4.79 Å². The van der Waals surface area contributed by atoms with E-state index in [9.17, 15) is 14.7 Å². The lowest BCUT2D eigenvalue weighted by atomic mass is 9.48. The summed E-state index contributed by atoms with van der Waals surface area (Å²) in [7, 11) is 1.36. The highest BCUT2D eigenvalue weighted by atomic mass is 16.6. The highest BCUT2D eigenvalue weighted by Crippen LogP contribution is 2.66. The lowest BCUT2D eigenvalue weighted by Crippen LogP contribution is -2.58. The average Bonchev–Trinajstić information content (AvgIpc) is 3.28. The molecule has 3 aliphatic rings. The first kappa shape index (κ1) is 19.5. The molecule has 28 heavy (non-hydrogen) atoms. The van der Waals surface area contributed by atoms with E-state index in [4.69, 9.17) is 18.6 Å². The molecule has 0 aromatic carbocycles. The van der Waals surface area contributed by atoms with Crippen molar-refractivity contribution in [3.8, 4) is 0 Å². The van der Waals surface area contributed by atoms with Crippen LogP contribution in [0, 0.1) is 22.7 Å². The fourth-order valence-corrected chi connectivity index (χ4v) is 6.21. The number of aliphatic hydroxyl groups excluding tert-OH is 1. The number of ether oxygens (including phenoxy) is 3. The van der Waals surface area contributed by atoms with Crippen LogP contribution in [0.1, 0.15) is 51.2 Å². The van der Waals surface area contributed by atoms with E-state index in [0.717, 1.165) is 5.56 Å². The third kappa shape index (κ3) is 2.70. The molecule has 3 fully saturated rings. The van der Waals surface area contributed by atoms with Gasteiger partial charge in [0.1, 0.15) is 6.10 Å². The number of cyclic esters (lactones) is 1. The molecule has 2 bridgehead atoms. The van der Waals surface area contributed by atoms with Gasteiger partial charge in [-0.05, 0) is 43.1 Å². The summed E-state index contributed by atoms with van der Waals surface area (Å²) in [6.45, 7) is 4.24. The molecule has 7 heteroatoms. The fourth-order valence-electron chi connectivity index (χ4n) is 6.21. The predicted molar refractivity (Wildman–Crippen MR) is 97.0 cm³/mol. The molecule has 1 aromatic rings. The topological polar surface area (TPSA) is 95.2 Å². The monoisotopic (exact) mass is 392 g/mol. The van der Waals surface area contributed by atoms with Gasteiger partial charge in [0.15, 0.2) is 6.10 Å². The molecule has 3 heterocycles. The number of hydrogen-bond acceptors (Lipinski definition) is 7. The molecule has 0 spiro atoms. The summed E-state index contributed by atoms with van der Waals surface area (Å²) in [6, 6.07) is 1.82. The zero-order valence-electron chi connectivity index (χ0n) is 16.6. The van der Waals surface area contributed by atoms with Crippen LogP contribution in [0.3, 0.4) is 0 Å². The zero-order valence-corrected chi connectivity index (χ0v) is 16.6. The third-order valence-electron chi connectivity index (χ3n) is 7.34. The van der Waals surface area contributed by atoms with Crippen molar-refractivity contribution in [1.29, 1.82) is 0 Å². The lowest BCUT2D eigenvalue weighted by Gasteiger charge is -2.56. The van der Waals surface area contributed by atoms with E-state index in [1.807, 2.05) is 6.07 Å². The second-order valence-corrected chi connectivity index (χ2v) is 8.88. The Morgan fingerprint density at radius 2 is 2.11 bits per heavy atom. The van der Waals surface area contributed by atoms with Gasteiger partial charge in [-0.25, -0.2) is 4.79 Å². The van der Waals surface area contributed by atoms with Crippen LogP contribution in [0.15, 0.2) is 23.0 Å². The van der Waals surface area contributed by atoms with E-state index in [0.29, 0.717) is 25.7 Å². The maximum atomic E-state index is 13.1. The summed E-state index contributed by atoms with van der Waals surface area (Å²) in [5.41, 5.74) is -0.0497.